The molecule has 0 fully saturated rings. The van der Waals surface area contributed by atoms with E-state index >= 15 is 0 Å². The van der Waals surface area contributed by atoms with Gasteiger partial charge in [-0.1, -0.05) is 32.0 Å². The second-order valence-electron chi connectivity index (χ2n) is 9.95. The van der Waals surface area contributed by atoms with Gasteiger partial charge in [-0.15, -0.1) is 0 Å². The zero-order valence-electron chi connectivity index (χ0n) is 20.4. The standard InChI is InChI=1S/C26H25F3N2O5S/c1-15-17(23-19(31(15)14-22(33)34)12-25(2,3)13-20(23)32)11-16-7-6-10-30-24(16)37(35,36)21-9-5-4-8-18(21)26(27,28)29/h4-10H,11-14H2,1-3H3,(H,33,34). The fourth-order valence-electron chi connectivity index (χ4n) is 5.00. The lowest BCUT2D eigenvalue weighted by Crippen LogP contribution is -2.29. The summed E-state index contributed by atoms with van der Waals surface area (Å²) in [4.78, 5) is 27.8. The maximum Gasteiger partial charge on any atom is 0.417 e. The fourth-order valence-corrected chi connectivity index (χ4v) is 6.63. The smallest absolute Gasteiger partial charge is 0.417 e. The van der Waals surface area contributed by atoms with Crippen LogP contribution in [0.15, 0.2) is 52.5 Å². The van der Waals surface area contributed by atoms with Crippen molar-refractivity contribution >= 4 is 21.6 Å². The van der Waals surface area contributed by atoms with Crippen molar-refractivity contribution in [2.45, 2.75) is 62.7 Å². The highest BCUT2D eigenvalue weighted by Gasteiger charge is 2.40. The SMILES string of the molecule is Cc1c(Cc2cccnc2S(=O)(=O)c2ccccc2C(F)(F)F)c2c(n1CC(=O)O)CC(C)(C)CC2=O. The van der Waals surface area contributed by atoms with Gasteiger partial charge in [-0.25, -0.2) is 13.4 Å². The van der Waals surface area contributed by atoms with E-state index < -0.39 is 42.9 Å². The molecule has 0 aliphatic heterocycles. The number of Topliss-reactive ketones (excluding diaryl/α,β-unsaturated/α-hetero) is 1. The van der Waals surface area contributed by atoms with Crippen molar-refractivity contribution in [3.63, 3.8) is 0 Å². The minimum Gasteiger partial charge on any atom is -0.480 e. The Labute approximate surface area is 211 Å². The monoisotopic (exact) mass is 534 g/mol. The zero-order valence-corrected chi connectivity index (χ0v) is 21.2. The molecule has 37 heavy (non-hydrogen) atoms. The summed E-state index contributed by atoms with van der Waals surface area (Å²) in [6.07, 6.45) is -3.18. The van der Waals surface area contributed by atoms with Gasteiger partial charge in [0.1, 0.15) is 6.54 Å². The van der Waals surface area contributed by atoms with Crippen LogP contribution >= 0.6 is 0 Å². The number of halogens is 3. The average Bonchev–Trinajstić information content (AvgIpc) is 3.03. The Kier molecular flexibility index (Phi) is 6.56. The number of nitrogens with zero attached hydrogens (tertiary/aromatic N) is 2. The first-order valence-corrected chi connectivity index (χ1v) is 12.9. The average molecular weight is 535 g/mol. The van der Waals surface area contributed by atoms with E-state index in [1.165, 1.54) is 24.4 Å². The number of pyridine rings is 1. The predicted molar refractivity (Wildman–Crippen MR) is 127 cm³/mol. The van der Waals surface area contributed by atoms with Gasteiger partial charge >= 0.3 is 12.1 Å². The van der Waals surface area contributed by atoms with Crippen LogP contribution in [0.25, 0.3) is 0 Å². The summed E-state index contributed by atoms with van der Waals surface area (Å²) in [5, 5.41) is 8.92. The largest absolute Gasteiger partial charge is 0.480 e. The number of fused-ring (bicyclic) bond motifs is 1. The van der Waals surface area contributed by atoms with E-state index in [4.69, 9.17) is 0 Å². The summed E-state index contributed by atoms with van der Waals surface area (Å²) < 4.78 is 69.4. The number of carbonyl (C=O) groups is 2. The molecule has 0 saturated carbocycles. The van der Waals surface area contributed by atoms with E-state index in [1.807, 2.05) is 13.8 Å². The number of sulfone groups is 1. The first-order valence-electron chi connectivity index (χ1n) is 11.4. The van der Waals surface area contributed by atoms with Crippen LogP contribution in [0.2, 0.25) is 0 Å². The molecule has 2 heterocycles. The molecular formula is C26H25F3N2O5S. The second kappa shape index (κ2) is 9.13. The van der Waals surface area contributed by atoms with Crippen LogP contribution in [-0.4, -0.2) is 34.8 Å². The summed E-state index contributed by atoms with van der Waals surface area (Å²) in [5.41, 5.74) is 0.257. The van der Waals surface area contributed by atoms with Gasteiger partial charge < -0.3 is 9.67 Å². The number of rotatable bonds is 6. The summed E-state index contributed by atoms with van der Waals surface area (Å²) in [6.45, 7) is 5.09. The number of alkyl halides is 3. The van der Waals surface area contributed by atoms with Gasteiger partial charge in [-0.2, -0.15) is 13.2 Å². The molecule has 1 aliphatic rings. The highest BCUT2D eigenvalue weighted by molar-refractivity contribution is 7.91. The zero-order chi connectivity index (χ0) is 27.3. The maximum absolute atomic E-state index is 13.6. The summed E-state index contributed by atoms with van der Waals surface area (Å²) in [5.74, 6) is -1.29. The lowest BCUT2D eigenvalue weighted by Gasteiger charge is -2.30. The molecule has 0 atom stereocenters. The Morgan fingerprint density at radius 1 is 1.14 bits per heavy atom. The van der Waals surface area contributed by atoms with Gasteiger partial charge in [0.15, 0.2) is 10.8 Å². The molecule has 2 aromatic heterocycles. The number of hydrogen-bond donors (Lipinski definition) is 1. The molecule has 0 bridgehead atoms. The summed E-state index contributed by atoms with van der Waals surface area (Å²) >= 11 is 0. The molecule has 196 valence electrons. The van der Waals surface area contributed by atoms with E-state index in [0.717, 1.165) is 12.1 Å². The molecule has 1 aromatic carbocycles. The van der Waals surface area contributed by atoms with Crippen LogP contribution < -0.4 is 0 Å². The normalized spacial score (nSPS) is 15.5. The molecule has 1 aliphatic carbocycles. The van der Waals surface area contributed by atoms with E-state index in [-0.39, 0.29) is 30.7 Å². The third-order valence-corrected chi connectivity index (χ3v) is 8.38. The van der Waals surface area contributed by atoms with Gasteiger partial charge in [0, 0.05) is 36.0 Å². The van der Waals surface area contributed by atoms with E-state index in [2.05, 4.69) is 4.98 Å². The van der Waals surface area contributed by atoms with E-state index in [1.54, 1.807) is 11.5 Å². The molecule has 0 amide bonds. The number of carbonyl (C=O) groups excluding carboxylic acids is 1. The fraction of sp³-hybridized carbons (Fsp3) is 0.346. The van der Waals surface area contributed by atoms with Crippen LogP contribution in [0, 0.1) is 12.3 Å². The molecule has 11 heteroatoms. The first-order chi connectivity index (χ1) is 17.1. The van der Waals surface area contributed by atoms with Crippen molar-refractivity contribution in [2.75, 3.05) is 0 Å². The Hall–Kier alpha value is -3.47. The van der Waals surface area contributed by atoms with Crippen molar-refractivity contribution < 1.29 is 36.3 Å². The number of benzene rings is 1. The van der Waals surface area contributed by atoms with Gasteiger partial charge in [0.25, 0.3) is 0 Å². The predicted octanol–water partition coefficient (Wildman–Crippen LogP) is 4.87. The lowest BCUT2D eigenvalue weighted by molar-refractivity contribution is -0.140. The Balaban J connectivity index is 1.89. The maximum atomic E-state index is 13.6. The quantitative estimate of drug-likeness (QED) is 0.484. The van der Waals surface area contributed by atoms with Crippen LogP contribution in [0.5, 0.6) is 0 Å². The Morgan fingerprint density at radius 3 is 2.46 bits per heavy atom. The molecular weight excluding hydrogens is 509 g/mol. The van der Waals surface area contributed by atoms with Crippen LogP contribution in [0.1, 0.15) is 58.7 Å². The van der Waals surface area contributed by atoms with Crippen LogP contribution in [0.3, 0.4) is 0 Å². The first kappa shape index (κ1) is 26.6. The lowest BCUT2D eigenvalue weighted by atomic mass is 9.75. The van der Waals surface area contributed by atoms with Crippen molar-refractivity contribution in [1.29, 1.82) is 0 Å². The number of carboxylic acids is 1. The Bertz CT molecular complexity index is 1520. The minimum absolute atomic E-state index is 0.107. The van der Waals surface area contributed by atoms with Crippen LogP contribution in [0.4, 0.5) is 13.2 Å². The third-order valence-electron chi connectivity index (χ3n) is 6.57. The van der Waals surface area contributed by atoms with Crippen molar-refractivity contribution in [3.8, 4) is 0 Å². The topological polar surface area (TPSA) is 106 Å². The number of hydrogen-bond acceptors (Lipinski definition) is 5. The van der Waals surface area contributed by atoms with Crippen molar-refractivity contribution in [3.05, 3.63) is 76.2 Å². The van der Waals surface area contributed by atoms with Gasteiger partial charge in [-0.05, 0) is 48.1 Å². The summed E-state index contributed by atoms with van der Waals surface area (Å²) in [6, 6.07) is 6.80. The van der Waals surface area contributed by atoms with Gasteiger partial charge in [0.2, 0.25) is 9.84 Å². The number of aliphatic carboxylic acids is 1. The number of carboxylic acid groups (broad SMARTS) is 1. The molecule has 3 aromatic rings. The van der Waals surface area contributed by atoms with Gasteiger partial charge in [-0.3, -0.25) is 9.59 Å². The third kappa shape index (κ3) is 4.92. The van der Waals surface area contributed by atoms with Gasteiger partial charge in [0.05, 0.1) is 10.5 Å². The van der Waals surface area contributed by atoms with E-state index in [0.29, 0.717) is 35.0 Å². The molecule has 1 N–H and O–H groups in total. The Morgan fingerprint density at radius 2 is 1.81 bits per heavy atom. The van der Waals surface area contributed by atoms with E-state index in [9.17, 15) is 36.3 Å². The number of ketones is 1. The van der Waals surface area contributed by atoms with Crippen LogP contribution in [-0.2, 0) is 40.2 Å². The molecule has 0 radical (unpaired) electrons. The summed E-state index contributed by atoms with van der Waals surface area (Å²) in [7, 11) is -4.70. The molecule has 0 saturated heterocycles. The minimum atomic E-state index is -4.90. The highest BCUT2D eigenvalue weighted by Crippen LogP contribution is 2.41. The molecule has 0 unspecified atom stereocenters. The second-order valence-corrected chi connectivity index (χ2v) is 11.8. The molecule has 0 spiro atoms. The molecule has 4 rings (SSSR count). The highest BCUT2D eigenvalue weighted by atomic mass is 32.2. The van der Waals surface area contributed by atoms with Crippen molar-refractivity contribution in [1.82, 2.24) is 9.55 Å². The number of aromatic nitrogens is 2. The molecule has 7 nitrogen and oxygen atoms in total. The van der Waals surface area contributed by atoms with Crippen molar-refractivity contribution in [2.24, 2.45) is 5.41 Å².